The number of aliphatic imine (C=N–C) groups is 1. The Morgan fingerprint density at radius 2 is 1.02 bits per heavy atom. The van der Waals surface area contributed by atoms with Crippen LogP contribution in [-0.2, 0) is 52.8 Å². The second kappa shape index (κ2) is 25.6. The van der Waals surface area contributed by atoms with Gasteiger partial charge in [-0.3, -0.25) is 38.6 Å². The van der Waals surface area contributed by atoms with Gasteiger partial charge in [0, 0.05) is 25.8 Å². The van der Waals surface area contributed by atoms with Crippen LogP contribution in [-0.4, -0.2) is 97.2 Å². The average Bonchev–Trinajstić information content (AvgIpc) is 3.25. The molecule has 0 saturated heterocycles. The van der Waals surface area contributed by atoms with E-state index in [1.807, 2.05) is 13.0 Å². The van der Waals surface area contributed by atoms with Crippen molar-refractivity contribution < 1.29 is 33.6 Å². The van der Waals surface area contributed by atoms with E-state index in [0.717, 1.165) is 11.1 Å². The molecule has 0 saturated carbocycles. The summed E-state index contributed by atoms with van der Waals surface area (Å²) in [7, 11) is 0. The second-order valence-corrected chi connectivity index (χ2v) is 14.6. The largest absolute Gasteiger partial charge is 0.370 e. The van der Waals surface area contributed by atoms with E-state index >= 15 is 0 Å². The Kier molecular flexibility index (Phi) is 20.4. The zero-order valence-electron chi connectivity index (χ0n) is 34.6. The molecule has 18 nitrogen and oxygen atoms in total. The number of nitrogens with one attached hydrogen (secondary N) is 6. The first-order valence-electron chi connectivity index (χ1n) is 20.1. The molecule has 3 rings (SSSR count). The molecule has 3 aromatic rings. The zero-order valence-corrected chi connectivity index (χ0v) is 34.6. The number of primary amides is 1. The number of nitrogens with zero attached hydrogens (tertiary/aromatic N) is 1. The highest BCUT2D eigenvalue weighted by molar-refractivity contribution is 5.97. The van der Waals surface area contributed by atoms with E-state index in [0.29, 0.717) is 12.0 Å². The van der Waals surface area contributed by atoms with Crippen molar-refractivity contribution in [3.05, 3.63) is 108 Å². The standard InChI is InChI=1S/C43H59N11O7/c1-3-27(2)37(54-41(60)33(23-29-16-9-5-10-17-29)50-36(56)26-49-35(55)25-44)42(61)53-34(24-30-18-11-6-12-19-30)40(59)51-31(20-13-21-48-43(46)47)39(58)52-32(38(45)57)22-28-14-7-4-8-15-28/h4-12,14-19,27,31-34,37H,3,13,20-26,44H2,1-2H3,(H2,45,57)(H,49,55)(H,50,56)(H,51,59)(H,52,58)(H,53,61)(H,54,60)(H4,46,47,48)/t27-,31+,32+,33+,34+,37+/m1/s1. The Balaban J connectivity index is 1.90. The fourth-order valence-electron chi connectivity index (χ4n) is 6.22. The summed E-state index contributed by atoms with van der Waals surface area (Å²) in [5, 5.41) is 16.0. The quantitative estimate of drug-likeness (QED) is 0.0276. The van der Waals surface area contributed by atoms with Crippen molar-refractivity contribution in [1.82, 2.24) is 31.9 Å². The van der Waals surface area contributed by atoms with Gasteiger partial charge in [-0.1, -0.05) is 111 Å². The molecule has 0 spiro atoms. The summed E-state index contributed by atoms with van der Waals surface area (Å²) in [5.74, 6) is -5.38. The maximum atomic E-state index is 14.3. The van der Waals surface area contributed by atoms with Crippen molar-refractivity contribution >= 4 is 47.3 Å². The molecule has 6 atom stereocenters. The van der Waals surface area contributed by atoms with Gasteiger partial charge in [0.05, 0.1) is 13.1 Å². The van der Waals surface area contributed by atoms with Crippen LogP contribution in [0.4, 0.5) is 0 Å². The molecule has 328 valence electrons. The Labute approximate surface area is 355 Å². The van der Waals surface area contributed by atoms with Gasteiger partial charge in [-0.15, -0.1) is 0 Å². The fourth-order valence-corrected chi connectivity index (χ4v) is 6.22. The lowest BCUT2D eigenvalue weighted by Gasteiger charge is -2.29. The molecule has 0 fully saturated rings. The van der Waals surface area contributed by atoms with Crippen LogP contribution >= 0.6 is 0 Å². The van der Waals surface area contributed by atoms with Crippen LogP contribution in [0.1, 0.15) is 49.8 Å². The molecule has 0 bridgehead atoms. The lowest BCUT2D eigenvalue weighted by Crippen LogP contribution is -2.61. The van der Waals surface area contributed by atoms with Crippen molar-refractivity contribution in [3.63, 3.8) is 0 Å². The van der Waals surface area contributed by atoms with E-state index in [1.54, 1.807) is 91.9 Å². The topological polar surface area (TPSA) is 308 Å². The van der Waals surface area contributed by atoms with Crippen LogP contribution in [0.2, 0.25) is 0 Å². The minimum absolute atomic E-state index is 0.00104. The van der Waals surface area contributed by atoms with Gasteiger partial charge in [0.1, 0.15) is 30.2 Å². The number of carbonyl (C=O) groups excluding carboxylic acids is 7. The fraction of sp³-hybridized carbons (Fsp3) is 0.395. The predicted octanol–water partition coefficient (Wildman–Crippen LogP) is -1.20. The summed E-state index contributed by atoms with van der Waals surface area (Å²) in [6.45, 7) is 2.97. The van der Waals surface area contributed by atoms with E-state index in [4.69, 9.17) is 22.9 Å². The summed E-state index contributed by atoms with van der Waals surface area (Å²) < 4.78 is 0. The van der Waals surface area contributed by atoms with Crippen LogP contribution in [0.5, 0.6) is 0 Å². The predicted molar refractivity (Wildman–Crippen MR) is 231 cm³/mol. The highest BCUT2D eigenvalue weighted by atomic mass is 16.2. The van der Waals surface area contributed by atoms with Crippen LogP contribution in [0, 0.1) is 5.92 Å². The van der Waals surface area contributed by atoms with Crippen molar-refractivity contribution in [1.29, 1.82) is 0 Å². The van der Waals surface area contributed by atoms with E-state index < -0.39 is 84.0 Å². The first-order chi connectivity index (χ1) is 29.2. The van der Waals surface area contributed by atoms with Crippen LogP contribution < -0.4 is 54.8 Å². The number of nitrogens with two attached hydrogens (primary N) is 4. The van der Waals surface area contributed by atoms with E-state index in [1.165, 1.54) is 0 Å². The molecule has 14 N–H and O–H groups in total. The van der Waals surface area contributed by atoms with Gasteiger partial charge in [0.15, 0.2) is 5.96 Å². The van der Waals surface area contributed by atoms with Gasteiger partial charge in [0.25, 0.3) is 0 Å². The van der Waals surface area contributed by atoms with Gasteiger partial charge in [-0.05, 0) is 35.4 Å². The Morgan fingerprint density at radius 3 is 1.49 bits per heavy atom. The van der Waals surface area contributed by atoms with Gasteiger partial charge in [-0.2, -0.15) is 0 Å². The SMILES string of the molecule is CC[C@@H](C)[C@H](NC(=O)[C@H](Cc1ccccc1)NC(=O)CNC(=O)CN)C(=O)N[C@@H](Cc1ccccc1)C(=O)N[C@@H](CCCN=C(N)N)C(=O)N[C@@H](Cc1ccccc1)C(N)=O. The number of hydrogen-bond acceptors (Lipinski definition) is 9. The summed E-state index contributed by atoms with van der Waals surface area (Å²) in [6, 6.07) is 20.8. The number of carbonyl (C=O) groups is 7. The Hall–Kier alpha value is -6.82. The van der Waals surface area contributed by atoms with E-state index in [9.17, 15) is 33.6 Å². The first-order valence-corrected chi connectivity index (χ1v) is 20.1. The number of hydrogen-bond donors (Lipinski definition) is 10. The molecule has 7 amide bonds. The van der Waals surface area contributed by atoms with E-state index in [-0.39, 0.29) is 51.2 Å². The van der Waals surface area contributed by atoms with Gasteiger partial charge < -0.3 is 54.8 Å². The second-order valence-electron chi connectivity index (χ2n) is 14.6. The number of rotatable bonds is 25. The zero-order chi connectivity index (χ0) is 44.7. The molecule has 3 aromatic carbocycles. The van der Waals surface area contributed by atoms with Crippen molar-refractivity contribution in [3.8, 4) is 0 Å². The smallest absolute Gasteiger partial charge is 0.243 e. The third-order valence-corrected chi connectivity index (χ3v) is 9.80. The molecule has 0 aliphatic rings. The molecule has 0 aromatic heterocycles. The number of amides is 7. The molecule has 0 aliphatic carbocycles. The van der Waals surface area contributed by atoms with Crippen LogP contribution in [0.15, 0.2) is 96.0 Å². The number of guanidine groups is 1. The monoisotopic (exact) mass is 841 g/mol. The summed E-state index contributed by atoms with van der Waals surface area (Å²) in [4.78, 5) is 97.3. The molecule has 0 radical (unpaired) electrons. The maximum absolute atomic E-state index is 14.3. The van der Waals surface area contributed by atoms with Crippen molar-refractivity contribution in [2.75, 3.05) is 19.6 Å². The minimum Gasteiger partial charge on any atom is -0.370 e. The first kappa shape index (κ1) is 48.5. The summed E-state index contributed by atoms with van der Waals surface area (Å²) in [6.07, 6.45) is 0.914. The molecular weight excluding hydrogens is 783 g/mol. The third-order valence-electron chi connectivity index (χ3n) is 9.80. The Morgan fingerprint density at radius 1 is 0.574 bits per heavy atom. The lowest BCUT2D eigenvalue weighted by atomic mass is 9.96. The summed E-state index contributed by atoms with van der Waals surface area (Å²) >= 11 is 0. The molecular formula is C43H59N11O7. The molecule has 0 heterocycles. The van der Waals surface area contributed by atoms with Gasteiger partial charge >= 0.3 is 0 Å². The van der Waals surface area contributed by atoms with Crippen molar-refractivity contribution in [2.24, 2.45) is 33.8 Å². The van der Waals surface area contributed by atoms with Crippen LogP contribution in [0.3, 0.4) is 0 Å². The average molecular weight is 842 g/mol. The van der Waals surface area contributed by atoms with Crippen molar-refractivity contribution in [2.45, 2.75) is 82.6 Å². The highest BCUT2D eigenvalue weighted by Gasteiger charge is 2.34. The minimum atomic E-state index is -1.26. The molecule has 61 heavy (non-hydrogen) atoms. The maximum Gasteiger partial charge on any atom is 0.243 e. The molecule has 18 heteroatoms. The van der Waals surface area contributed by atoms with Crippen LogP contribution in [0.25, 0.3) is 0 Å². The third kappa shape index (κ3) is 17.5. The summed E-state index contributed by atoms with van der Waals surface area (Å²) in [5.41, 5.74) is 24.2. The van der Waals surface area contributed by atoms with E-state index in [2.05, 4.69) is 36.9 Å². The highest BCUT2D eigenvalue weighted by Crippen LogP contribution is 2.13. The number of benzene rings is 3. The Bertz CT molecular complexity index is 1930. The van der Waals surface area contributed by atoms with Gasteiger partial charge in [-0.25, -0.2) is 0 Å². The normalized spacial score (nSPS) is 13.7. The molecule has 0 unspecified atom stereocenters. The van der Waals surface area contributed by atoms with Gasteiger partial charge in [0.2, 0.25) is 41.4 Å². The molecule has 0 aliphatic heterocycles. The lowest BCUT2D eigenvalue weighted by molar-refractivity contribution is -0.135.